The van der Waals surface area contributed by atoms with Gasteiger partial charge in [0, 0.05) is 41.5 Å². The number of fused-ring (bicyclic) bond motifs is 2. The first-order valence-electron chi connectivity index (χ1n) is 10.1. The number of H-pyrrole nitrogens is 1. The Morgan fingerprint density at radius 1 is 1.07 bits per heavy atom. The first-order valence-corrected chi connectivity index (χ1v) is 11.0. The Kier molecular flexibility index (Phi) is 4.79. The minimum atomic E-state index is -0.358. The van der Waals surface area contributed by atoms with E-state index in [2.05, 4.69) is 34.7 Å². The molecule has 1 atom stereocenters. The van der Waals surface area contributed by atoms with Gasteiger partial charge < -0.3 is 15.2 Å². The largest absolute Gasteiger partial charge is 0.361 e. The summed E-state index contributed by atoms with van der Waals surface area (Å²) >= 11 is 1.49. The van der Waals surface area contributed by atoms with Crippen LogP contribution in [0.4, 0.5) is 5.69 Å². The van der Waals surface area contributed by atoms with Gasteiger partial charge in [0.05, 0.1) is 10.9 Å². The second-order valence-electron chi connectivity index (χ2n) is 7.74. The number of carbonyl (C=O) groups excluding carboxylic acids is 2. The highest BCUT2D eigenvalue weighted by Crippen LogP contribution is 2.37. The number of thioether (sulfide) groups is 1. The van der Waals surface area contributed by atoms with Crippen molar-refractivity contribution in [1.82, 2.24) is 9.88 Å². The van der Waals surface area contributed by atoms with Crippen molar-refractivity contribution in [3.05, 3.63) is 60.3 Å². The van der Waals surface area contributed by atoms with Crippen LogP contribution < -0.4 is 5.32 Å². The number of carbonyl (C=O) groups is 2. The first kappa shape index (κ1) is 18.3. The Bertz CT molecular complexity index is 1070. The van der Waals surface area contributed by atoms with E-state index in [9.17, 15) is 9.59 Å². The number of rotatable bonds is 3. The van der Waals surface area contributed by atoms with Gasteiger partial charge in [-0.15, -0.1) is 11.8 Å². The van der Waals surface area contributed by atoms with Gasteiger partial charge in [-0.1, -0.05) is 30.3 Å². The molecule has 0 aliphatic carbocycles. The molecule has 2 N–H and O–H groups in total. The minimum absolute atomic E-state index is 0.0734. The first-order chi connectivity index (χ1) is 14.2. The summed E-state index contributed by atoms with van der Waals surface area (Å²) in [6.45, 7) is 1.50. The fraction of sp³-hybridized carbons (Fsp3) is 0.304. The van der Waals surface area contributed by atoms with E-state index < -0.39 is 0 Å². The quantitative estimate of drug-likeness (QED) is 0.680. The van der Waals surface area contributed by atoms with Crippen LogP contribution in [0, 0.1) is 0 Å². The van der Waals surface area contributed by atoms with E-state index >= 15 is 0 Å². The lowest BCUT2D eigenvalue weighted by Gasteiger charge is -2.33. The van der Waals surface area contributed by atoms with Gasteiger partial charge in [-0.2, -0.15) is 0 Å². The van der Waals surface area contributed by atoms with Gasteiger partial charge in [0.1, 0.15) is 0 Å². The topological polar surface area (TPSA) is 65.2 Å². The molecule has 0 bridgehead atoms. The molecule has 29 heavy (non-hydrogen) atoms. The SMILES string of the molecule is O=C1Nc2ccccc2S[C@H]1CC(=O)N1CCC(c2c[nH]c3ccccc23)CC1. The Balaban J connectivity index is 1.21. The van der Waals surface area contributed by atoms with Gasteiger partial charge in [0.15, 0.2) is 0 Å². The van der Waals surface area contributed by atoms with Crippen LogP contribution in [0.5, 0.6) is 0 Å². The molecule has 2 aliphatic heterocycles. The lowest BCUT2D eigenvalue weighted by Crippen LogP contribution is -2.41. The number of anilines is 1. The third kappa shape index (κ3) is 3.53. The number of hydrogen-bond donors (Lipinski definition) is 2. The van der Waals surface area contributed by atoms with E-state index in [1.54, 1.807) is 0 Å². The summed E-state index contributed by atoms with van der Waals surface area (Å²) in [5, 5.41) is 3.85. The van der Waals surface area contributed by atoms with Crippen molar-refractivity contribution < 1.29 is 9.59 Å². The average molecular weight is 406 g/mol. The Labute approximate surface area is 173 Å². The van der Waals surface area contributed by atoms with E-state index in [-0.39, 0.29) is 23.5 Å². The summed E-state index contributed by atoms with van der Waals surface area (Å²) in [5.41, 5.74) is 3.36. The van der Waals surface area contributed by atoms with Crippen LogP contribution in [-0.4, -0.2) is 40.0 Å². The van der Waals surface area contributed by atoms with Crippen molar-refractivity contribution in [2.24, 2.45) is 0 Å². The van der Waals surface area contributed by atoms with Gasteiger partial charge in [-0.3, -0.25) is 9.59 Å². The van der Waals surface area contributed by atoms with Crippen molar-refractivity contribution in [2.75, 3.05) is 18.4 Å². The number of amides is 2. The fourth-order valence-corrected chi connectivity index (χ4v) is 5.49. The lowest BCUT2D eigenvalue weighted by molar-refractivity contribution is -0.133. The zero-order valence-corrected chi connectivity index (χ0v) is 16.9. The van der Waals surface area contributed by atoms with E-state index in [0.717, 1.165) is 36.5 Å². The zero-order chi connectivity index (χ0) is 19.8. The van der Waals surface area contributed by atoms with E-state index in [1.165, 1.54) is 28.2 Å². The van der Waals surface area contributed by atoms with Crippen molar-refractivity contribution in [3.63, 3.8) is 0 Å². The summed E-state index contributed by atoms with van der Waals surface area (Å²) in [6.07, 6.45) is 4.29. The number of nitrogens with one attached hydrogen (secondary N) is 2. The number of hydrogen-bond acceptors (Lipinski definition) is 3. The van der Waals surface area contributed by atoms with Crippen molar-refractivity contribution in [3.8, 4) is 0 Å². The molecule has 0 radical (unpaired) electrons. The number of nitrogens with zero attached hydrogens (tertiary/aromatic N) is 1. The predicted octanol–water partition coefficient (Wildman–Crippen LogP) is 4.38. The van der Waals surface area contributed by atoms with Crippen LogP contribution in [0.15, 0.2) is 59.6 Å². The van der Waals surface area contributed by atoms with Gasteiger partial charge >= 0.3 is 0 Å². The van der Waals surface area contributed by atoms with Crippen molar-refractivity contribution in [2.45, 2.75) is 35.3 Å². The molecular formula is C23H23N3O2S. The monoisotopic (exact) mass is 405 g/mol. The number of aromatic nitrogens is 1. The molecule has 3 heterocycles. The van der Waals surface area contributed by atoms with Gasteiger partial charge in [0.2, 0.25) is 11.8 Å². The lowest BCUT2D eigenvalue weighted by atomic mass is 9.89. The summed E-state index contributed by atoms with van der Waals surface area (Å²) in [6, 6.07) is 16.1. The molecule has 6 heteroatoms. The van der Waals surface area contributed by atoms with Crippen molar-refractivity contribution >= 4 is 40.2 Å². The van der Waals surface area contributed by atoms with E-state index in [1.807, 2.05) is 35.2 Å². The van der Waals surface area contributed by atoms with Crippen LogP contribution in [0.2, 0.25) is 0 Å². The molecule has 2 aromatic carbocycles. The number of likely N-dealkylation sites (tertiary alicyclic amines) is 1. The molecule has 0 saturated carbocycles. The highest BCUT2D eigenvalue weighted by molar-refractivity contribution is 8.01. The molecule has 2 amide bonds. The third-order valence-electron chi connectivity index (χ3n) is 5.98. The molecule has 0 spiro atoms. The zero-order valence-electron chi connectivity index (χ0n) is 16.1. The number of aromatic amines is 1. The Morgan fingerprint density at radius 3 is 2.69 bits per heavy atom. The molecule has 148 valence electrons. The van der Waals surface area contributed by atoms with E-state index in [0.29, 0.717) is 5.92 Å². The molecule has 5 rings (SSSR count). The number of piperidine rings is 1. The smallest absolute Gasteiger partial charge is 0.238 e. The average Bonchev–Trinajstić information content (AvgIpc) is 3.18. The van der Waals surface area contributed by atoms with Gasteiger partial charge in [0.25, 0.3) is 0 Å². The third-order valence-corrected chi connectivity index (χ3v) is 7.25. The highest BCUT2D eigenvalue weighted by Gasteiger charge is 2.32. The van der Waals surface area contributed by atoms with Crippen molar-refractivity contribution in [1.29, 1.82) is 0 Å². The molecule has 1 fully saturated rings. The van der Waals surface area contributed by atoms with Crippen LogP contribution in [0.25, 0.3) is 10.9 Å². The second-order valence-corrected chi connectivity index (χ2v) is 8.99. The van der Waals surface area contributed by atoms with Gasteiger partial charge in [-0.25, -0.2) is 0 Å². The normalized spacial score (nSPS) is 19.8. The summed E-state index contributed by atoms with van der Waals surface area (Å²) < 4.78 is 0. The number of benzene rings is 2. The summed E-state index contributed by atoms with van der Waals surface area (Å²) in [5.74, 6) is 0.472. The number of para-hydroxylation sites is 2. The molecule has 1 aromatic heterocycles. The molecule has 1 saturated heterocycles. The van der Waals surface area contributed by atoms with Crippen LogP contribution in [-0.2, 0) is 9.59 Å². The maximum absolute atomic E-state index is 12.9. The fourth-order valence-electron chi connectivity index (χ4n) is 4.39. The Hall–Kier alpha value is -2.73. The molecule has 5 nitrogen and oxygen atoms in total. The summed E-state index contributed by atoms with van der Waals surface area (Å²) in [7, 11) is 0. The molecule has 2 aliphatic rings. The standard InChI is InChI=1S/C23H23N3O2S/c27-22(13-21-23(28)25-19-7-3-4-8-20(19)29-21)26-11-9-15(10-12-26)17-14-24-18-6-2-1-5-16(17)18/h1-8,14-15,21,24H,9-13H2,(H,25,28)/t21-/m0/s1. The second kappa shape index (κ2) is 7.59. The van der Waals surface area contributed by atoms with Crippen LogP contribution in [0.1, 0.15) is 30.7 Å². The maximum Gasteiger partial charge on any atom is 0.238 e. The minimum Gasteiger partial charge on any atom is -0.361 e. The van der Waals surface area contributed by atoms with Crippen LogP contribution in [0.3, 0.4) is 0 Å². The van der Waals surface area contributed by atoms with Crippen LogP contribution >= 0.6 is 11.8 Å². The Morgan fingerprint density at radius 2 is 1.83 bits per heavy atom. The highest BCUT2D eigenvalue weighted by atomic mass is 32.2. The molecule has 0 unspecified atom stereocenters. The predicted molar refractivity (Wildman–Crippen MR) is 116 cm³/mol. The maximum atomic E-state index is 12.9. The molecular weight excluding hydrogens is 382 g/mol. The van der Waals surface area contributed by atoms with E-state index in [4.69, 9.17) is 0 Å². The van der Waals surface area contributed by atoms with Gasteiger partial charge in [-0.05, 0) is 42.5 Å². The molecule has 3 aromatic rings. The summed E-state index contributed by atoms with van der Waals surface area (Å²) in [4.78, 5) is 31.6.